The van der Waals surface area contributed by atoms with Crippen LogP contribution < -0.4 is 0 Å². The molecular weight excluding hydrogens is 148 g/mol. The predicted octanol–water partition coefficient (Wildman–Crippen LogP) is -0.510. The zero-order valence-electron chi connectivity index (χ0n) is 6.73. The SMILES string of the molecule is CO[C@H]1C[C@@H](O)[C@@H](O)[C@@H](C)O1. The molecule has 0 radical (unpaired) electrons. The minimum absolute atomic E-state index is 0.335. The average molecular weight is 162 g/mol. The Morgan fingerprint density at radius 2 is 2.09 bits per heavy atom. The lowest BCUT2D eigenvalue weighted by atomic mass is 10.0. The van der Waals surface area contributed by atoms with Crippen LogP contribution in [-0.4, -0.2) is 41.9 Å². The van der Waals surface area contributed by atoms with E-state index in [4.69, 9.17) is 9.47 Å². The monoisotopic (exact) mass is 162 g/mol. The number of ether oxygens (including phenoxy) is 2. The van der Waals surface area contributed by atoms with Gasteiger partial charge in [-0.25, -0.2) is 0 Å². The molecule has 1 rings (SSSR count). The van der Waals surface area contributed by atoms with Gasteiger partial charge in [0.1, 0.15) is 6.10 Å². The van der Waals surface area contributed by atoms with E-state index in [9.17, 15) is 10.2 Å². The fourth-order valence-corrected chi connectivity index (χ4v) is 1.18. The highest BCUT2D eigenvalue weighted by molar-refractivity contribution is 4.79. The van der Waals surface area contributed by atoms with Crippen LogP contribution in [0.1, 0.15) is 13.3 Å². The van der Waals surface area contributed by atoms with E-state index in [1.807, 2.05) is 0 Å². The predicted molar refractivity (Wildman–Crippen MR) is 38.0 cm³/mol. The van der Waals surface area contributed by atoms with Crippen molar-refractivity contribution in [1.29, 1.82) is 0 Å². The molecule has 0 bridgehead atoms. The molecule has 1 saturated heterocycles. The van der Waals surface area contributed by atoms with Crippen LogP contribution >= 0.6 is 0 Å². The van der Waals surface area contributed by atoms with E-state index in [1.165, 1.54) is 7.11 Å². The van der Waals surface area contributed by atoms with Crippen LogP contribution in [-0.2, 0) is 9.47 Å². The van der Waals surface area contributed by atoms with Gasteiger partial charge < -0.3 is 19.7 Å². The fourth-order valence-electron chi connectivity index (χ4n) is 1.18. The first kappa shape index (κ1) is 8.93. The first-order chi connectivity index (χ1) is 5.15. The largest absolute Gasteiger partial charge is 0.390 e. The summed E-state index contributed by atoms with van der Waals surface area (Å²) in [5, 5.41) is 18.5. The Morgan fingerprint density at radius 1 is 1.45 bits per heavy atom. The Morgan fingerprint density at radius 3 is 2.55 bits per heavy atom. The molecule has 0 saturated carbocycles. The molecule has 1 heterocycles. The summed E-state index contributed by atoms with van der Waals surface area (Å²) in [6.07, 6.45) is -1.93. The zero-order valence-corrected chi connectivity index (χ0v) is 6.73. The van der Waals surface area contributed by atoms with Crippen LogP contribution in [0, 0.1) is 0 Å². The third kappa shape index (κ3) is 1.90. The van der Waals surface area contributed by atoms with Gasteiger partial charge in [0.15, 0.2) is 6.29 Å². The minimum atomic E-state index is -0.790. The molecule has 1 fully saturated rings. The van der Waals surface area contributed by atoms with Crippen molar-refractivity contribution in [3.05, 3.63) is 0 Å². The van der Waals surface area contributed by atoms with Crippen molar-refractivity contribution in [1.82, 2.24) is 0 Å². The Bertz CT molecular complexity index is 116. The zero-order chi connectivity index (χ0) is 8.43. The highest BCUT2D eigenvalue weighted by atomic mass is 16.7. The highest BCUT2D eigenvalue weighted by Crippen LogP contribution is 2.19. The van der Waals surface area contributed by atoms with Crippen molar-refractivity contribution < 1.29 is 19.7 Å². The molecule has 0 amide bonds. The smallest absolute Gasteiger partial charge is 0.160 e. The molecule has 1 aliphatic rings. The van der Waals surface area contributed by atoms with E-state index in [2.05, 4.69) is 0 Å². The molecule has 0 aromatic rings. The van der Waals surface area contributed by atoms with E-state index >= 15 is 0 Å². The van der Waals surface area contributed by atoms with E-state index < -0.39 is 12.2 Å². The van der Waals surface area contributed by atoms with Gasteiger partial charge in [-0.3, -0.25) is 0 Å². The number of methoxy groups -OCH3 is 1. The molecule has 4 heteroatoms. The molecule has 4 atom stereocenters. The fraction of sp³-hybridized carbons (Fsp3) is 1.00. The molecule has 11 heavy (non-hydrogen) atoms. The Hall–Kier alpha value is -0.160. The standard InChI is InChI=1S/C7H14O4/c1-4-7(9)5(8)3-6(10-2)11-4/h4-9H,3H2,1-2H3/t4-,5-,6-,7+/m1/s1. The lowest BCUT2D eigenvalue weighted by Gasteiger charge is -2.34. The third-order valence-corrected chi connectivity index (χ3v) is 1.94. The molecule has 1 aliphatic heterocycles. The number of hydrogen-bond acceptors (Lipinski definition) is 4. The van der Waals surface area contributed by atoms with Crippen LogP contribution in [0.4, 0.5) is 0 Å². The topological polar surface area (TPSA) is 58.9 Å². The van der Waals surface area contributed by atoms with Crippen molar-refractivity contribution in [3.63, 3.8) is 0 Å². The second kappa shape index (κ2) is 3.49. The van der Waals surface area contributed by atoms with E-state index in [0.717, 1.165) is 0 Å². The van der Waals surface area contributed by atoms with Crippen LogP contribution in [0.25, 0.3) is 0 Å². The molecule has 2 N–H and O–H groups in total. The van der Waals surface area contributed by atoms with Gasteiger partial charge in [0.05, 0.1) is 12.2 Å². The molecule has 0 aliphatic carbocycles. The third-order valence-electron chi connectivity index (χ3n) is 1.94. The van der Waals surface area contributed by atoms with Crippen molar-refractivity contribution in [2.75, 3.05) is 7.11 Å². The molecule has 0 aromatic carbocycles. The molecule has 4 nitrogen and oxygen atoms in total. The van der Waals surface area contributed by atoms with Crippen molar-refractivity contribution in [2.24, 2.45) is 0 Å². The van der Waals surface area contributed by atoms with Crippen molar-refractivity contribution >= 4 is 0 Å². The summed E-state index contributed by atoms with van der Waals surface area (Å²) in [6.45, 7) is 1.71. The van der Waals surface area contributed by atoms with Crippen LogP contribution in [0.2, 0.25) is 0 Å². The van der Waals surface area contributed by atoms with Gasteiger partial charge in [0, 0.05) is 13.5 Å². The molecule has 66 valence electrons. The normalized spacial score (nSPS) is 45.8. The van der Waals surface area contributed by atoms with Gasteiger partial charge in [0.2, 0.25) is 0 Å². The molecule has 0 unspecified atom stereocenters. The maximum atomic E-state index is 9.24. The summed E-state index contributed by atoms with van der Waals surface area (Å²) in [4.78, 5) is 0. The van der Waals surface area contributed by atoms with Crippen LogP contribution in [0.5, 0.6) is 0 Å². The van der Waals surface area contributed by atoms with E-state index in [-0.39, 0.29) is 12.4 Å². The lowest BCUT2D eigenvalue weighted by Crippen LogP contribution is -2.47. The van der Waals surface area contributed by atoms with Crippen LogP contribution in [0.15, 0.2) is 0 Å². The average Bonchev–Trinajstić information content (AvgIpc) is 1.99. The Balaban J connectivity index is 2.47. The minimum Gasteiger partial charge on any atom is -0.390 e. The van der Waals surface area contributed by atoms with Gasteiger partial charge >= 0.3 is 0 Å². The maximum Gasteiger partial charge on any atom is 0.160 e. The first-order valence-electron chi connectivity index (χ1n) is 3.69. The number of aliphatic hydroxyl groups excluding tert-OH is 2. The number of rotatable bonds is 1. The van der Waals surface area contributed by atoms with Gasteiger partial charge in [-0.2, -0.15) is 0 Å². The van der Waals surface area contributed by atoms with Gasteiger partial charge in [-0.1, -0.05) is 0 Å². The molecule has 0 spiro atoms. The van der Waals surface area contributed by atoms with E-state index in [0.29, 0.717) is 6.42 Å². The first-order valence-corrected chi connectivity index (χ1v) is 3.69. The lowest BCUT2D eigenvalue weighted by molar-refractivity contribution is -0.237. The summed E-state index contributed by atoms with van der Waals surface area (Å²) >= 11 is 0. The van der Waals surface area contributed by atoms with Crippen LogP contribution in [0.3, 0.4) is 0 Å². The summed E-state index contributed by atoms with van der Waals surface area (Å²) < 4.78 is 10.1. The van der Waals surface area contributed by atoms with Gasteiger partial charge in [-0.15, -0.1) is 0 Å². The van der Waals surface area contributed by atoms with Crippen molar-refractivity contribution in [3.8, 4) is 0 Å². The van der Waals surface area contributed by atoms with Gasteiger partial charge in [0.25, 0.3) is 0 Å². The maximum absolute atomic E-state index is 9.24. The summed E-state index contributed by atoms with van der Waals surface area (Å²) in [7, 11) is 1.52. The number of hydrogen-bond donors (Lipinski definition) is 2. The molecule has 0 aromatic heterocycles. The van der Waals surface area contributed by atoms with Gasteiger partial charge in [-0.05, 0) is 6.92 Å². The highest BCUT2D eigenvalue weighted by Gasteiger charge is 2.33. The second-order valence-corrected chi connectivity index (χ2v) is 2.80. The summed E-state index contributed by atoms with van der Waals surface area (Å²) in [5.41, 5.74) is 0. The van der Waals surface area contributed by atoms with Crippen molar-refractivity contribution in [2.45, 2.75) is 37.9 Å². The quantitative estimate of drug-likeness (QED) is 0.545. The number of aliphatic hydroxyl groups is 2. The van der Waals surface area contributed by atoms with E-state index in [1.54, 1.807) is 6.92 Å². The summed E-state index contributed by atoms with van der Waals surface area (Å²) in [6, 6.07) is 0. The Labute approximate surface area is 65.7 Å². The summed E-state index contributed by atoms with van der Waals surface area (Å²) in [5.74, 6) is 0. The second-order valence-electron chi connectivity index (χ2n) is 2.80. The Kier molecular flexibility index (Phi) is 2.84. The molecular formula is C7H14O4.